The fourth-order valence-corrected chi connectivity index (χ4v) is 0. The molecule has 0 unspecified atom stereocenters. The van der Waals surface area contributed by atoms with Gasteiger partial charge in [0.05, 0.1) is 0 Å². The highest BCUT2D eigenvalue weighted by molar-refractivity contribution is 4.47. The van der Waals surface area contributed by atoms with Crippen LogP contribution in [0.2, 0.25) is 0 Å². The van der Waals surface area contributed by atoms with Gasteiger partial charge in [-0.25, -0.2) is 0 Å². The Kier molecular flexibility index (Phi) is 894. The van der Waals surface area contributed by atoms with Crippen LogP contribution in [0.1, 0.15) is 0 Å². The average Bonchev–Trinajstić information content (AvgIpc) is 1.75. The molecule has 0 fully saturated rings. The Morgan fingerprint density at radius 3 is 0.875 bits per heavy atom. The molecule has 0 radical (unpaired) electrons. The van der Waals surface area contributed by atoms with Crippen LogP contribution in [0.5, 0.6) is 0 Å². The van der Waals surface area contributed by atoms with Crippen molar-refractivity contribution >= 4 is 0 Å². The van der Waals surface area contributed by atoms with Gasteiger partial charge in [0, 0.05) is 0 Å². The maximum absolute atomic E-state index is 7.10. The van der Waals surface area contributed by atoms with Gasteiger partial charge < -0.3 is 11.5 Å². The molecule has 8 N–H and O–H groups in total. The molecule has 6 heteroatoms. The van der Waals surface area contributed by atoms with Gasteiger partial charge >= 0.3 is 0 Å². The standard InChI is InChI=1S/2CH2N2.H4N2/c2*2-1-3;1-2/h2*2H2;1-2H2. The van der Waals surface area contributed by atoms with Crippen molar-refractivity contribution in [1.82, 2.24) is 0 Å². The van der Waals surface area contributed by atoms with Gasteiger partial charge in [0.15, 0.2) is 12.4 Å². The molecule has 0 aliphatic heterocycles. The lowest BCUT2D eigenvalue weighted by molar-refractivity contribution is 1.26. The van der Waals surface area contributed by atoms with Crippen LogP contribution in [0.4, 0.5) is 0 Å². The first kappa shape index (κ1) is 16.1. The third-order valence-corrected chi connectivity index (χ3v) is 0. The molecule has 0 bridgehead atoms. The summed E-state index contributed by atoms with van der Waals surface area (Å²) in [6.07, 6.45) is 2.50. The number of hydrogen-bond acceptors (Lipinski definition) is 6. The van der Waals surface area contributed by atoms with E-state index in [9.17, 15) is 0 Å². The smallest absolute Gasteiger partial charge is 0.173 e. The van der Waals surface area contributed by atoms with E-state index in [1.54, 1.807) is 0 Å². The summed E-state index contributed by atoms with van der Waals surface area (Å²) in [6, 6.07) is 0. The van der Waals surface area contributed by atoms with E-state index >= 15 is 0 Å². The van der Waals surface area contributed by atoms with Crippen LogP contribution >= 0.6 is 0 Å². The zero-order chi connectivity index (χ0) is 7.41. The minimum atomic E-state index is 1.25. The fraction of sp³-hybridized carbons (Fsp3) is 0. The second-order valence-electron chi connectivity index (χ2n) is 0.258. The molecular weight excluding hydrogens is 108 g/mol. The van der Waals surface area contributed by atoms with Crippen molar-refractivity contribution in [3.05, 3.63) is 0 Å². The van der Waals surface area contributed by atoms with Gasteiger partial charge in [-0.2, -0.15) is 10.5 Å². The van der Waals surface area contributed by atoms with Gasteiger partial charge in [-0.05, 0) is 0 Å². The minimum Gasteiger partial charge on any atom is -0.337 e. The zero-order valence-electron chi connectivity index (χ0n) is 4.20. The molecule has 0 amide bonds. The number of rotatable bonds is 0. The number of nitrogens with two attached hydrogens (primary N) is 4. The highest BCUT2D eigenvalue weighted by Gasteiger charge is 1.12. The van der Waals surface area contributed by atoms with Crippen LogP contribution < -0.4 is 23.2 Å². The van der Waals surface area contributed by atoms with E-state index in [-0.39, 0.29) is 0 Å². The van der Waals surface area contributed by atoms with Gasteiger partial charge in [0.25, 0.3) is 0 Å². The van der Waals surface area contributed by atoms with Gasteiger partial charge in [-0.1, -0.05) is 0 Å². The SMILES string of the molecule is N#CN.N#CN.NN. The highest BCUT2D eigenvalue weighted by atomic mass is 15.0. The van der Waals surface area contributed by atoms with E-state index in [0.717, 1.165) is 0 Å². The van der Waals surface area contributed by atoms with Crippen molar-refractivity contribution in [1.29, 1.82) is 10.5 Å². The summed E-state index contributed by atoms with van der Waals surface area (Å²) in [6.45, 7) is 0. The van der Waals surface area contributed by atoms with Crippen LogP contribution in [-0.2, 0) is 0 Å². The van der Waals surface area contributed by atoms with E-state index in [2.05, 4.69) is 23.2 Å². The Morgan fingerprint density at radius 1 is 0.875 bits per heavy atom. The molecule has 8 heavy (non-hydrogen) atoms. The van der Waals surface area contributed by atoms with Crippen LogP contribution in [0.25, 0.3) is 0 Å². The Hall–Kier alpha value is -1.50. The van der Waals surface area contributed by atoms with Crippen molar-refractivity contribution in [2.45, 2.75) is 0 Å². The van der Waals surface area contributed by atoms with Crippen LogP contribution in [0, 0.1) is 22.9 Å². The van der Waals surface area contributed by atoms with E-state index in [0.29, 0.717) is 0 Å². The lowest BCUT2D eigenvalue weighted by atomic mass is 11.5. The van der Waals surface area contributed by atoms with Crippen molar-refractivity contribution in [2.75, 3.05) is 0 Å². The Bertz CT molecular complexity index is 61.5. The molecule has 0 heterocycles. The number of nitrogens with zero attached hydrogens (tertiary/aromatic N) is 2. The largest absolute Gasteiger partial charge is 0.337 e. The van der Waals surface area contributed by atoms with Crippen molar-refractivity contribution in [3.63, 3.8) is 0 Å². The molecule has 0 saturated heterocycles. The van der Waals surface area contributed by atoms with Gasteiger partial charge in [0.2, 0.25) is 0 Å². The second kappa shape index (κ2) is 446. The first-order valence-corrected chi connectivity index (χ1v) is 1.36. The third kappa shape index (κ3) is 24.5. The van der Waals surface area contributed by atoms with E-state index in [1.165, 1.54) is 12.4 Å². The van der Waals surface area contributed by atoms with Gasteiger partial charge in [-0.3, -0.25) is 11.7 Å². The van der Waals surface area contributed by atoms with Crippen molar-refractivity contribution in [2.24, 2.45) is 23.2 Å². The normalized spacial score (nSPS) is 2.50. The Morgan fingerprint density at radius 2 is 0.875 bits per heavy atom. The number of hydrogen-bond donors (Lipinski definition) is 4. The quantitative estimate of drug-likeness (QED) is 0.120. The number of hydrazine groups is 1. The maximum atomic E-state index is 7.10. The molecule has 0 aromatic carbocycles. The maximum Gasteiger partial charge on any atom is 0.173 e. The lowest BCUT2D eigenvalue weighted by Crippen LogP contribution is -2.02. The molecule has 0 spiro atoms. The lowest BCUT2D eigenvalue weighted by Gasteiger charge is -1.27. The monoisotopic (exact) mass is 116 g/mol. The first-order valence-electron chi connectivity index (χ1n) is 1.36. The van der Waals surface area contributed by atoms with E-state index in [1.807, 2.05) is 0 Å². The summed E-state index contributed by atoms with van der Waals surface area (Å²) in [5, 5.41) is 14.2. The molecule has 0 saturated carbocycles. The topological polar surface area (TPSA) is 152 Å². The average molecular weight is 116 g/mol. The Labute approximate surface area is 47.2 Å². The molecule has 6 nitrogen and oxygen atoms in total. The predicted octanol–water partition coefficient (Wildman–Crippen LogP) is -2.33. The summed E-state index contributed by atoms with van der Waals surface area (Å²) < 4.78 is 0. The summed E-state index contributed by atoms with van der Waals surface area (Å²) in [5.41, 5.74) is 8.31. The first-order chi connectivity index (χ1) is 3.83. The van der Waals surface area contributed by atoms with Crippen LogP contribution in [-0.4, -0.2) is 0 Å². The molecule has 0 rings (SSSR count). The van der Waals surface area contributed by atoms with Crippen LogP contribution in [0.15, 0.2) is 0 Å². The van der Waals surface area contributed by atoms with Crippen molar-refractivity contribution in [3.8, 4) is 12.4 Å². The van der Waals surface area contributed by atoms with Gasteiger partial charge in [-0.15, -0.1) is 0 Å². The zero-order valence-corrected chi connectivity index (χ0v) is 4.20. The van der Waals surface area contributed by atoms with Crippen LogP contribution in [0.3, 0.4) is 0 Å². The summed E-state index contributed by atoms with van der Waals surface area (Å²) >= 11 is 0. The van der Waals surface area contributed by atoms with Gasteiger partial charge in [0.1, 0.15) is 0 Å². The third-order valence-electron chi connectivity index (χ3n) is 0. The summed E-state index contributed by atoms with van der Waals surface area (Å²) in [5.74, 6) is 8.00. The molecular formula is C2H8N6. The molecule has 46 valence electrons. The number of nitriles is 2. The van der Waals surface area contributed by atoms with Crippen molar-refractivity contribution < 1.29 is 0 Å². The Balaban J connectivity index is -0.0000000483. The fourth-order valence-electron chi connectivity index (χ4n) is 0. The van der Waals surface area contributed by atoms with E-state index in [4.69, 9.17) is 10.5 Å². The molecule has 0 atom stereocenters. The summed E-state index contributed by atoms with van der Waals surface area (Å²) in [4.78, 5) is 0. The molecule has 0 aromatic rings. The molecule has 0 aromatic heterocycles. The predicted molar refractivity (Wildman–Crippen MR) is 28.0 cm³/mol. The summed E-state index contributed by atoms with van der Waals surface area (Å²) in [7, 11) is 0. The highest BCUT2D eigenvalue weighted by Crippen LogP contribution is 0.903. The molecule has 0 aliphatic rings. The van der Waals surface area contributed by atoms with E-state index < -0.39 is 0 Å². The minimum absolute atomic E-state index is 1.25. The molecule has 0 aliphatic carbocycles. The second-order valence-corrected chi connectivity index (χ2v) is 0.258.